The smallest absolute Gasteiger partial charge is 0.209 e. The van der Waals surface area contributed by atoms with Gasteiger partial charge in [-0.15, -0.1) is 5.10 Å². The van der Waals surface area contributed by atoms with Gasteiger partial charge < -0.3 is 10.4 Å². The highest BCUT2D eigenvalue weighted by molar-refractivity contribution is 7.99. The summed E-state index contributed by atoms with van der Waals surface area (Å²) in [4.78, 5) is 0. The molecule has 1 heterocycles. The fourth-order valence-corrected chi connectivity index (χ4v) is 1.97. The van der Waals surface area contributed by atoms with Gasteiger partial charge in [0.25, 0.3) is 0 Å². The number of aromatic nitrogens is 4. The highest BCUT2D eigenvalue weighted by Crippen LogP contribution is 2.14. The van der Waals surface area contributed by atoms with Crippen LogP contribution in [0.3, 0.4) is 0 Å². The highest BCUT2D eigenvalue weighted by Gasteiger charge is 2.07. The molecular formula is C10H21N5OS. The number of rotatable bonds is 8. The largest absolute Gasteiger partial charge is 0.393 e. The molecule has 0 spiro atoms. The van der Waals surface area contributed by atoms with Gasteiger partial charge in [-0.25, -0.2) is 4.68 Å². The maximum Gasteiger partial charge on any atom is 0.209 e. The summed E-state index contributed by atoms with van der Waals surface area (Å²) in [6.07, 6.45) is -0.343. The van der Waals surface area contributed by atoms with Crippen LogP contribution in [0.1, 0.15) is 20.8 Å². The lowest BCUT2D eigenvalue weighted by molar-refractivity contribution is 0.220. The summed E-state index contributed by atoms with van der Waals surface area (Å²) in [5.74, 6) is 1.26. The van der Waals surface area contributed by atoms with Gasteiger partial charge >= 0.3 is 0 Å². The summed E-state index contributed by atoms with van der Waals surface area (Å²) in [5.41, 5.74) is 0. The van der Waals surface area contributed by atoms with E-state index in [4.69, 9.17) is 0 Å². The van der Waals surface area contributed by atoms with Crippen LogP contribution in [-0.2, 0) is 6.54 Å². The first-order valence-corrected chi connectivity index (χ1v) is 6.86. The zero-order chi connectivity index (χ0) is 12.7. The van der Waals surface area contributed by atoms with Gasteiger partial charge in [0, 0.05) is 12.3 Å². The van der Waals surface area contributed by atoms with E-state index < -0.39 is 0 Å². The van der Waals surface area contributed by atoms with Gasteiger partial charge in [0.2, 0.25) is 5.16 Å². The molecule has 0 amide bonds. The molecule has 17 heavy (non-hydrogen) atoms. The molecule has 1 aromatic heterocycles. The van der Waals surface area contributed by atoms with Crippen LogP contribution in [0.2, 0.25) is 0 Å². The highest BCUT2D eigenvalue weighted by atomic mass is 32.2. The van der Waals surface area contributed by atoms with Crippen molar-refractivity contribution in [2.45, 2.75) is 38.6 Å². The predicted molar refractivity (Wildman–Crippen MR) is 67.9 cm³/mol. The molecule has 0 aromatic carbocycles. The summed E-state index contributed by atoms with van der Waals surface area (Å²) in [7, 11) is 0. The van der Waals surface area contributed by atoms with Crippen molar-refractivity contribution in [3.8, 4) is 0 Å². The third kappa shape index (κ3) is 5.99. The Morgan fingerprint density at radius 1 is 1.41 bits per heavy atom. The third-order valence-electron chi connectivity index (χ3n) is 2.01. The molecule has 0 aliphatic rings. The van der Waals surface area contributed by atoms with Crippen molar-refractivity contribution in [1.82, 2.24) is 25.5 Å². The topological polar surface area (TPSA) is 75.9 Å². The Labute approximate surface area is 106 Å². The predicted octanol–water partition coefficient (Wildman–Crippen LogP) is 0.392. The van der Waals surface area contributed by atoms with Crippen molar-refractivity contribution in [1.29, 1.82) is 0 Å². The number of nitrogens with one attached hydrogen (secondary N) is 1. The van der Waals surface area contributed by atoms with Crippen LogP contribution in [0, 0.1) is 5.92 Å². The monoisotopic (exact) mass is 259 g/mol. The molecule has 1 atom stereocenters. The van der Waals surface area contributed by atoms with E-state index in [0.29, 0.717) is 11.7 Å². The van der Waals surface area contributed by atoms with Crippen LogP contribution in [0.25, 0.3) is 0 Å². The van der Waals surface area contributed by atoms with Crippen molar-refractivity contribution >= 4 is 11.8 Å². The normalized spacial score (nSPS) is 13.2. The van der Waals surface area contributed by atoms with Gasteiger partial charge in [-0.1, -0.05) is 25.6 Å². The molecule has 2 N–H and O–H groups in total. The number of hydrogen-bond acceptors (Lipinski definition) is 6. The molecule has 6 nitrogen and oxygen atoms in total. The maximum absolute atomic E-state index is 9.21. The van der Waals surface area contributed by atoms with E-state index in [-0.39, 0.29) is 6.10 Å². The Bertz CT molecular complexity index is 315. The van der Waals surface area contributed by atoms with Gasteiger partial charge in [0.05, 0.1) is 12.6 Å². The summed E-state index contributed by atoms with van der Waals surface area (Å²) < 4.78 is 1.76. The van der Waals surface area contributed by atoms with E-state index in [1.165, 1.54) is 11.8 Å². The zero-order valence-electron chi connectivity index (χ0n) is 10.6. The maximum atomic E-state index is 9.21. The minimum atomic E-state index is -0.343. The summed E-state index contributed by atoms with van der Waals surface area (Å²) >= 11 is 1.48. The second-order valence-corrected chi connectivity index (χ2v) is 5.43. The number of nitrogens with zero attached hydrogens (tertiary/aromatic N) is 4. The lowest BCUT2D eigenvalue weighted by Crippen LogP contribution is -2.24. The Hall–Kier alpha value is -0.660. The van der Waals surface area contributed by atoms with Crippen molar-refractivity contribution in [3.63, 3.8) is 0 Å². The Morgan fingerprint density at radius 3 is 2.82 bits per heavy atom. The third-order valence-corrected chi connectivity index (χ3v) is 3.21. The minimum Gasteiger partial charge on any atom is -0.393 e. The van der Waals surface area contributed by atoms with Gasteiger partial charge in [0.1, 0.15) is 0 Å². The molecule has 0 aliphatic heterocycles. The fraction of sp³-hybridized carbons (Fsp3) is 0.900. The van der Waals surface area contributed by atoms with Crippen molar-refractivity contribution in [2.24, 2.45) is 5.92 Å². The van der Waals surface area contributed by atoms with Crippen LogP contribution in [-0.4, -0.2) is 50.3 Å². The van der Waals surface area contributed by atoms with Crippen LogP contribution in [0.15, 0.2) is 5.16 Å². The molecule has 0 aliphatic carbocycles. The molecule has 0 fully saturated rings. The molecule has 0 saturated carbocycles. The standard InChI is InChI=1S/C10H21N5OS/c1-8(2)6-11-4-5-15-10(12-13-14-15)17-7-9(3)16/h8-9,11,16H,4-7H2,1-3H3. The van der Waals surface area contributed by atoms with E-state index in [1.807, 2.05) is 0 Å². The molecule has 98 valence electrons. The van der Waals surface area contributed by atoms with Gasteiger partial charge in [-0.2, -0.15) is 0 Å². The molecule has 1 unspecified atom stereocenters. The zero-order valence-corrected chi connectivity index (χ0v) is 11.4. The number of aliphatic hydroxyl groups excluding tert-OH is 1. The molecular weight excluding hydrogens is 238 g/mol. The average molecular weight is 259 g/mol. The van der Waals surface area contributed by atoms with E-state index in [1.54, 1.807) is 11.6 Å². The average Bonchev–Trinajstić information content (AvgIpc) is 2.68. The molecule has 7 heteroatoms. The molecule has 0 saturated heterocycles. The Morgan fingerprint density at radius 2 is 2.18 bits per heavy atom. The second-order valence-electron chi connectivity index (χ2n) is 4.44. The van der Waals surface area contributed by atoms with Crippen LogP contribution >= 0.6 is 11.8 Å². The molecule has 0 bridgehead atoms. The fourth-order valence-electron chi connectivity index (χ4n) is 1.21. The van der Waals surface area contributed by atoms with Gasteiger partial charge in [-0.05, 0) is 29.8 Å². The van der Waals surface area contributed by atoms with Crippen LogP contribution in [0.5, 0.6) is 0 Å². The first-order valence-electron chi connectivity index (χ1n) is 5.87. The summed E-state index contributed by atoms with van der Waals surface area (Å²) in [6, 6.07) is 0. The lowest BCUT2D eigenvalue weighted by Gasteiger charge is -2.08. The first-order chi connectivity index (χ1) is 8.09. The van der Waals surface area contributed by atoms with Crippen LogP contribution in [0.4, 0.5) is 0 Å². The van der Waals surface area contributed by atoms with E-state index in [0.717, 1.165) is 24.8 Å². The molecule has 0 radical (unpaired) electrons. The Balaban J connectivity index is 2.30. The van der Waals surface area contributed by atoms with Gasteiger partial charge in [0.15, 0.2) is 0 Å². The number of hydrogen-bond donors (Lipinski definition) is 2. The lowest BCUT2D eigenvalue weighted by atomic mass is 10.2. The number of tetrazole rings is 1. The summed E-state index contributed by atoms with van der Waals surface area (Å²) in [5, 5.41) is 24.8. The first kappa shape index (κ1) is 14.4. The Kier molecular flexibility index (Phi) is 6.46. The second kappa shape index (κ2) is 7.62. The number of thioether (sulfide) groups is 1. The SMILES string of the molecule is CC(C)CNCCn1nnnc1SCC(C)O. The number of aliphatic hydroxyl groups is 1. The van der Waals surface area contributed by atoms with Crippen molar-refractivity contribution < 1.29 is 5.11 Å². The molecule has 1 aromatic rings. The van der Waals surface area contributed by atoms with Crippen molar-refractivity contribution in [2.75, 3.05) is 18.8 Å². The van der Waals surface area contributed by atoms with Gasteiger partial charge in [-0.3, -0.25) is 0 Å². The van der Waals surface area contributed by atoms with E-state index in [9.17, 15) is 5.11 Å². The quantitative estimate of drug-likeness (QED) is 0.519. The molecule has 1 rings (SSSR count). The van der Waals surface area contributed by atoms with E-state index >= 15 is 0 Å². The van der Waals surface area contributed by atoms with Crippen LogP contribution < -0.4 is 5.32 Å². The summed E-state index contributed by atoms with van der Waals surface area (Å²) in [6.45, 7) is 8.71. The minimum absolute atomic E-state index is 0.343. The van der Waals surface area contributed by atoms with E-state index in [2.05, 4.69) is 34.7 Å². The van der Waals surface area contributed by atoms with Crippen molar-refractivity contribution in [3.05, 3.63) is 0 Å².